The van der Waals surface area contributed by atoms with Gasteiger partial charge in [-0.1, -0.05) is 6.92 Å². The van der Waals surface area contributed by atoms with E-state index in [2.05, 4.69) is 28.7 Å². The number of rotatable bonds is 3. The Morgan fingerprint density at radius 3 is 3.21 bits per heavy atom. The van der Waals surface area contributed by atoms with Crippen LogP contribution in [0.5, 0.6) is 0 Å². The molecule has 78 valence electrons. The summed E-state index contributed by atoms with van der Waals surface area (Å²) in [4.78, 5) is 4.27. The topological polar surface area (TPSA) is 29.9 Å². The third kappa shape index (κ3) is 1.69. The van der Waals surface area contributed by atoms with Crippen molar-refractivity contribution in [2.45, 2.75) is 38.6 Å². The molecule has 2 rings (SSSR count). The molecular weight excluding hydrogens is 174 g/mol. The lowest BCUT2D eigenvalue weighted by molar-refractivity contribution is 0.496. The molecule has 1 aromatic rings. The summed E-state index contributed by atoms with van der Waals surface area (Å²) < 4.78 is 2.33. The van der Waals surface area contributed by atoms with E-state index in [1.54, 1.807) is 0 Å². The van der Waals surface area contributed by atoms with Crippen LogP contribution in [0.3, 0.4) is 0 Å². The maximum Gasteiger partial charge on any atom is 0.0950 e. The highest BCUT2D eigenvalue weighted by atomic mass is 15.1. The van der Waals surface area contributed by atoms with Gasteiger partial charge in [0.1, 0.15) is 0 Å². The monoisotopic (exact) mass is 193 g/mol. The van der Waals surface area contributed by atoms with Gasteiger partial charge in [0.25, 0.3) is 0 Å². The molecule has 1 N–H and O–H groups in total. The molecule has 2 unspecified atom stereocenters. The summed E-state index contributed by atoms with van der Waals surface area (Å²) >= 11 is 0. The van der Waals surface area contributed by atoms with E-state index >= 15 is 0 Å². The minimum absolute atomic E-state index is 0.577. The average molecular weight is 193 g/mol. The van der Waals surface area contributed by atoms with Gasteiger partial charge in [0, 0.05) is 30.4 Å². The molecule has 0 amide bonds. The Hall–Kier alpha value is -0.830. The van der Waals surface area contributed by atoms with E-state index in [4.69, 9.17) is 0 Å². The van der Waals surface area contributed by atoms with Crippen molar-refractivity contribution in [3.8, 4) is 0 Å². The average Bonchev–Trinajstić information content (AvgIpc) is 2.85. The summed E-state index contributed by atoms with van der Waals surface area (Å²) in [5.74, 6) is 0.673. The van der Waals surface area contributed by atoms with Crippen LogP contribution in [-0.4, -0.2) is 22.6 Å². The normalized spacial score (nSPS) is 24.0. The molecule has 0 bridgehead atoms. The largest absolute Gasteiger partial charge is 0.332 e. The summed E-state index contributed by atoms with van der Waals surface area (Å²) in [6.07, 6.45) is 6.43. The minimum Gasteiger partial charge on any atom is -0.332 e. The Kier molecular flexibility index (Phi) is 2.87. The summed E-state index contributed by atoms with van der Waals surface area (Å²) in [5.41, 5.74) is 1.41. The second kappa shape index (κ2) is 4.13. The van der Waals surface area contributed by atoms with E-state index < -0.39 is 0 Å². The van der Waals surface area contributed by atoms with Gasteiger partial charge in [-0.3, -0.25) is 0 Å². The molecule has 0 aliphatic carbocycles. The molecule has 3 heteroatoms. The molecule has 1 aromatic heterocycles. The first-order valence-electron chi connectivity index (χ1n) is 5.55. The number of imidazole rings is 1. The molecule has 1 fully saturated rings. The third-order valence-corrected chi connectivity index (χ3v) is 3.24. The van der Waals surface area contributed by atoms with Gasteiger partial charge in [-0.25, -0.2) is 4.98 Å². The predicted octanol–water partition coefficient (Wildman–Crippen LogP) is 1.93. The summed E-state index contributed by atoms with van der Waals surface area (Å²) in [5, 5.41) is 3.40. The molecule has 0 aromatic carbocycles. The van der Waals surface area contributed by atoms with Crippen LogP contribution in [0.1, 0.15) is 44.3 Å². The van der Waals surface area contributed by atoms with Crippen LogP contribution in [-0.2, 0) is 0 Å². The first kappa shape index (κ1) is 9.71. The third-order valence-electron chi connectivity index (χ3n) is 3.24. The van der Waals surface area contributed by atoms with Crippen LogP contribution in [0.15, 0.2) is 12.5 Å². The Morgan fingerprint density at radius 1 is 1.71 bits per heavy atom. The van der Waals surface area contributed by atoms with E-state index in [-0.39, 0.29) is 0 Å². The zero-order valence-corrected chi connectivity index (χ0v) is 9.03. The lowest BCUT2D eigenvalue weighted by Gasteiger charge is -2.17. The molecule has 3 nitrogen and oxygen atoms in total. The van der Waals surface area contributed by atoms with Gasteiger partial charge >= 0.3 is 0 Å². The first-order valence-corrected chi connectivity index (χ1v) is 5.55. The fourth-order valence-corrected chi connectivity index (χ4v) is 2.10. The molecular formula is C11H19N3. The molecule has 14 heavy (non-hydrogen) atoms. The fraction of sp³-hybridized carbons (Fsp3) is 0.727. The zero-order chi connectivity index (χ0) is 9.97. The Morgan fingerprint density at radius 2 is 2.57 bits per heavy atom. The predicted molar refractivity (Wildman–Crippen MR) is 57.5 cm³/mol. The minimum atomic E-state index is 0.577. The van der Waals surface area contributed by atoms with E-state index in [1.807, 2.05) is 12.5 Å². The summed E-state index contributed by atoms with van der Waals surface area (Å²) in [7, 11) is 0. The molecule has 1 saturated heterocycles. The van der Waals surface area contributed by atoms with Crippen LogP contribution in [0.4, 0.5) is 0 Å². The van der Waals surface area contributed by atoms with Crippen molar-refractivity contribution in [1.29, 1.82) is 0 Å². The highest BCUT2D eigenvalue weighted by Crippen LogP contribution is 2.25. The Bertz CT molecular complexity index is 286. The van der Waals surface area contributed by atoms with Crippen molar-refractivity contribution in [2.24, 2.45) is 0 Å². The van der Waals surface area contributed by atoms with Crippen molar-refractivity contribution in [3.05, 3.63) is 18.2 Å². The summed E-state index contributed by atoms with van der Waals surface area (Å²) in [6, 6.07) is 0.577. The van der Waals surface area contributed by atoms with E-state index in [0.717, 1.165) is 13.1 Å². The zero-order valence-electron chi connectivity index (χ0n) is 9.03. The van der Waals surface area contributed by atoms with Crippen molar-refractivity contribution in [1.82, 2.24) is 14.9 Å². The fourth-order valence-electron chi connectivity index (χ4n) is 2.10. The molecule has 2 heterocycles. The van der Waals surface area contributed by atoms with Gasteiger partial charge in [0.05, 0.1) is 6.33 Å². The highest BCUT2D eigenvalue weighted by Gasteiger charge is 2.21. The van der Waals surface area contributed by atoms with Crippen molar-refractivity contribution in [3.63, 3.8) is 0 Å². The SMILES string of the molecule is CCC(C)n1cncc1C1CCNC1. The number of aromatic nitrogens is 2. The lowest BCUT2D eigenvalue weighted by Crippen LogP contribution is -2.13. The lowest BCUT2D eigenvalue weighted by atomic mass is 10.0. The Balaban J connectivity index is 2.19. The highest BCUT2D eigenvalue weighted by molar-refractivity contribution is 5.10. The quantitative estimate of drug-likeness (QED) is 0.795. The molecule has 1 aliphatic rings. The van der Waals surface area contributed by atoms with Gasteiger partial charge in [0.2, 0.25) is 0 Å². The van der Waals surface area contributed by atoms with Crippen molar-refractivity contribution >= 4 is 0 Å². The van der Waals surface area contributed by atoms with Gasteiger partial charge in [0.15, 0.2) is 0 Å². The number of hydrogen-bond acceptors (Lipinski definition) is 2. The van der Waals surface area contributed by atoms with Gasteiger partial charge in [-0.15, -0.1) is 0 Å². The van der Waals surface area contributed by atoms with E-state index in [1.165, 1.54) is 18.5 Å². The summed E-state index contributed by atoms with van der Waals surface area (Å²) in [6.45, 7) is 6.74. The van der Waals surface area contributed by atoms with Crippen molar-refractivity contribution in [2.75, 3.05) is 13.1 Å². The number of hydrogen-bond donors (Lipinski definition) is 1. The molecule has 1 aliphatic heterocycles. The maximum absolute atomic E-state index is 4.27. The van der Waals surface area contributed by atoms with Crippen LogP contribution in [0.2, 0.25) is 0 Å². The maximum atomic E-state index is 4.27. The molecule has 0 saturated carbocycles. The van der Waals surface area contributed by atoms with E-state index in [0.29, 0.717) is 12.0 Å². The van der Waals surface area contributed by atoms with Crippen LogP contribution in [0, 0.1) is 0 Å². The molecule has 0 radical (unpaired) electrons. The van der Waals surface area contributed by atoms with Crippen LogP contribution < -0.4 is 5.32 Å². The number of nitrogens with one attached hydrogen (secondary N) is 1. The van der Waals surface area contributed by atoms with Gasteiger partial charge in [-0.05, 0) is 26.3 Å². The van der Waals surface area contributed by atoms with Crippen molar-refractivity contribution < 1.29 is 0 Å². The second-order valence-corrected chi connectivity index (χ2v) is 4.17. The molecule has 0 spiro atoms. The standard InChI is InChI=1S/C11H19N3/c1-3-9(2)14-8-13-7-11(14)10-4-5-12-6-10/h7-10,12H,3-6H2,1-2H3. The number of nitrogens with zero attached hydrogens (tertiary/aromatic N) is 2. The van der Waals surface area contributed by atoms with Gasteiger partial charge in [-0.2, -0.15) is 0 Å². The van der Waals surface area contributed by atoms with E-state index in [9.17, 15) is 0 Å². The first-order chi connectivity index (χ1) is 6.83. The second-order valence-electron chi connectivity index (χ2n) is 4.17. The molecule has 2 atom stereocenters. The van der Waals surface area contributed by atoms with Crippen LogP contribution in [0.25, 0.3) is 0 Å². The smallest absolute Gasteiger partial charge is 0.0950 e. The Labute approximate surface area is 85.5 Å². The van der Waals surface area contributed by atoms with Crippen LogP contribution >= 0.6 is 0 Å². The van der Waals surface area contributed by atoms with Gasteiger partial charge < -0.3 is 9.88 Å².